The number of aromatic nitrogens is 3. The van der Waals surface area contributed by atoms with Crippen molar-refractivity contribution in [2.24, 2.45) is 7.05 Å². The molecule has 2 aromatic heterocycles. The maximum absolute atomic E-state index is 5.41. The number of hydrogen-bond donors (Lipinski definition) is 1. The number of nitrogens with zero attached hydrogens (tertiary/aromatic N) is 4. The minimum absolute atomic E-state index is 0.777. The first-order chi connectivity index (χ1) is 10.3. The largest absolute Gasteiger partial charge is 0.378 e. The number of ether oxygens (including phenoxy) is 1. The van der Waals surface area contributed by atoms with Crippen molar-refractivity contribution in [3.63, 3.8) is 0 Å². The van der Waals surface area contributed by atoms with Gasteiger partial charge in [-0.25, -0.2) is 4.98 Å². The molecule has 1 aliphatic rings. The van der Waals surface area contributed by atoms with E-state index in [2.05, 4.69) is 26.4 Å². The van der Waals surface area contributed by atoms with Crippen molar-refractivity contribution < 1.29 is 4.74 Å². The molecular formula is C15H21N5O. The second-order valence-electron chi connectivity index (χ2n) is 5.21. The lowest BCUT2D eigenvalue weighted by Crippen LogP contribution is -2.37. The quantitative estimate of drug-likeness (QED) is 0.887. The SMILES string of the molecule is Cn1cc(CNCc2cccnc2N2CCOCC2)cn1. The summed E-state index contributed by atoms with van der Waals surface area (Å²) in [6.45, 7) is 4.98. The number of nitrogens with one attached hydrogen (secondary N) is 1. The van der Waals surface area contributed by atoms with Crippen LogP contribution in [0.3, 0.4) is 0 Å². The lowest BCUT2D eigenvalue weighted by Gasteiger charge is -2.29. The minimum atomic E-state index is 0.777. The fourth-order valence-electron chi connectivity index (χ4n) is 2.53. The van der Waals surface area contributed by atoms with Gasteiger partial charge in [0, 0.05) is 56.7 Å². The van der Waals surface area contributed by atoms with Gasteiger partial charge in [0.15, 0.2) is 0 Å². The van der Waals surface area contributed by atoms with E-state index in [9.17, 15) is 0 Å². The highest BCUT2D eigenvalue weighted by Crippen LogP contribution is 2.18. The summed E-state index contributed by atoms with van der Waals surface area (Å²) in [6, 6.07) is 4.12. The van der Waals surface area contributed by atoms with Crippen LogP contribution in [0.25, 0.3) is 0 Å². The minimum Gasteiger partial charge on any atom is -0.378 e. The molecule has 1 N–H and O–H groups in total. The summed E-state index contributed by atoms with van der Waals surface area (Å²) in [4.78, 5) is 6.84. The summed E-state index contributed by atoms with van der Waals surface area (Å²) in [5, 5.41) is 7.64. The molecule has 3 rings (SSSR count). The summed E-state index contributed by atoms with van der Waals surface area (Å²) >= 11 is 0. The molecule has 1 fully saturated rings. The number of morpholine rings is 1. The third-order valence-corrected chi connectivity index (χ3v) is 3.58. The van der Waals surface area contributed by atoms with Crippen LogP contribution in [0.4, 0.5) is 5.82 Å². The Morgan fingerprint density at radius 3 is 2.90 bits per heavy atom. The Morgan fingerprint density at radius 1 is 1.29 bits per heavy atom. The second kappa shape index (κ2) is 6.69. The van der Waals surface area contributed by atoms with E-state index in [0.717, 1.165) is 45.2 Å². The molecule has 6 heteroatoms. The van der Waals surface area contributed by atoms with Crippen LogP contribution in [-0.2, 0) is 24.9 Å². The molecule has 1 saturated heterocycles. The summed E-state index contributed by atoms with van der Waals surface area (Å²) in [7, 11) is 1.93. The van der Waals surface area contributed by atoms with Crippen LogP contribution in [0.2, 0.25) is 0 Å². The van der Waals surface area contributed by atoms with Crippen molar-refractivity contribution in [3.8, 4) is 0 Å². The van der Waals surface area contributed by atoms with E-state index in [-0.39, 0.29) is 0 Å². The fraction of sp³-hybridized carbons (Fsp3) is 0.467. The van der Waals surface area contributed by atoms with Crippen molar-refractivity contribution in [1.82, 2.24) is 20.1 Å². The van der Waals surface area contributed by atoms with Crippen molar-refractivity contribution in [2.45, 2.75) is 13.1 Å². The first-order valence-electron chi connectivity index (χ1n) is 7.28. The molecule has 0 saturated carbocycles. The Bertz CT molecular complexity index is 577. The molecule has 0 atom stereocenters. The Morgan fingerprint density at radius 2 is 2.14 bits per heavy atom. The van der Waals surface area contributed by atoms with Crippen molar-refractivity contribution >= 4 is 5.82 Å². The normalized spacial score (nSPS) is 15.4. The van der Waals surface area contributed by atoms with E-state index in [1.54, 1.807) is 0 Å². The van der Waals surface area contributed by atoms with Gasteiger partial charge in [0.1, 0.15) is 5.82 Å². The standard InChI is InChI=1S/C15H21N5O/c1-19-12-13(10-18-19)9-16-11-14-3-2-4-17-15(14)20-5-7-21-8-6-20/h2-4,10,12,16H,5-9,11H2,1H3. The van der Waals surface area contributed by atoms with Gasteiger partial charge in [0.2, 0.25) is 0 Å². The van der Waals surface area contributed by atoms with Gasteiger partial charge in [-0.05, 0) is 6.07 Å². The van der Waals surface area contributed by atoms with Gasteiger partial charge in [-0.3, -0.25) is 4.68 Å². The average Bonchev–Trinajstić information content (AvgIpc) is 2.94. The first-order valence-corrected chi connectivity index (χ1v) is 7.28. The molecular weight excluding hydrogens is 266 g/mol. The number of anilines is 1. The summed E-state index contributed by atoms with van der Waals surface area (Å²) in [5.74, 6) is 1.07. The van der Waals surface area contributed by atoms with Crippen LogP contribution < -0.4 is 10.2 Å². The van der Waals surface area contributed by atoms with Crippen LogP contribution in [0.15, 0.2) is 30.7 Å². The van der Waals surface area contributed by atoms with E-state index in [4.69, 9.17) is 4.74 Å². The molecule has 3 heterocycles. The first kappa shape index (κ1) is 14.0. The highest BCUT2D eigenvalue weighted by molar-refractivity contribution is 5.47. The Balaban J connectivity index is 1.62. The van der Waals surface area contributed by atoms with Crippen LogP contribution in [-0.4, -0.2) is 41.1 Å². The van der Waals surface area contributed by atoms with Crippen LogP contribution in [0.1, 0.15) is 11.1 Å². The molecule has 2 aromatic rings. The average molecular weight is 287 g/mol. The molecule has 1 aliphatic heterocycles. The van der Waals surface area contributed by atoms with Gasteiger partial charge < -0.3 is 15.0 Å². The monoisotopic (exact) mass is 287 g/mol. The molecule has 21 heavy (non-hydrogen) atoms. The lowest BCUT2D eigenvalue weighted by molar-refractivity contribution is 0.122. The molecule has 0 spiro atoms. The van der Waals surface area contributed by atoms with E-state index in [1.807, 2.05) is 36.4 Å². The maximum atomic E-state index is 5.41. The summed E-state index contributed by atoms with van der Waals surface area (Å²) in [6.07, 6.45) is 5.77. The molecule has 0 amide bonds. The molecule has 0 bridgehead atoms. The lowest BCUT2D eigenvalue weighted by atomic mass is 10.2. The smallest absolute Gasteiger partial charge is 0.133 e. The van der Waals surface area contributed by atoms with E-state index >= 15 is 0 Å². The van der Waals surface area contributed by atoms with E-state index in [1.165, 1.54) is 11.1 Å². The second-order valence-corrected chi connectivity index (χ2v) is 5.21. The van der Waals surface area contributed by atoms with Gasteiger partial charge >= 0.3 is 0 Å². The van der Waals surface area contributed by atoms with E-state index < -0.39 is 0 Å². The highest BCUT2D eigenvalue weighted by atomic mass is 16.5. The number of pyridine rings is 1. The molecule has 0 unspecified atom stereocenters. The summed E-state index contributed by atoms with van der Waals surface area (Å²) in [5.41, 5.74) is 2.41. The van der Waals surface area contributed by atoms with Gasteiger partial charge in [0.05, 0.1) is 19.4 Å². The van der Waals surface area contributed by atoms with Gasteiger partial charge in [-0.1, -0.05) is 6.07 Å². The van der Waals surface area contributed by atoms with Gasteiger partial charge in [-0.15, -0.1) is 0 Å². The molecule has 0 aromatic carbocycles. The predicted molar refractivity (Wildman–Crippen MR) is 81.0 cm³/mol. The topological polar surface area (TPSA) is 55.2 Å². The number of aryl methyl sites for hydroxylation is 1. The highest BCUT2D eigenvalue weighted by Gasteiger charge is 2.15. The Hall–Kier alpha value is -1.92. The fourth-order valence-corrected chi connectivity index (χ4v) is 2.53. The van der Waals surface area contributed by atoms with Crippen molar-refractivity contribution in [3.05, 3.63) is 41.9 Å². The zero-order valence-electron chi connectivity index (χ0n) is 12.3. The van der Waals surface area contributed by atoms with Crippen molar-refractivity contribution in [2.75, 3.05) is 31.2 Å². The van der Waals surface area contributed by atoms with E-state index in [0.29, 0.717) is 0 Å². The zero-order chi connectivity index (χ0) is 14.5. The Kier molecular flexibility index (Phi) is 4.47. The number of rotatable bonds is 5. The molecule has 112 valence electrons. The Labute approximate surface area is 124 Å². The zero-order valence-corrected chi connectivity index (χ0v) is 12.3. The third kappa shape index (κ3) is 3.59. The van der Waals surface area contributed by atoms with Gasteiger partial charge in [0.25, 0.3) is 0 Å². The molecule has 0 radical (unpaired) electrons. The number of hydrogen-bond acceptors (Lipinski definition) is 5. The van der Waals surface area contributed by atoms with Crippen LogP contribution >= 0.6 is 0 Å². The van der Waals surface area contributed by atoms with Crippen molar-refractivity contribution in [1.29, 1.82) is 0 Å². The van der Waals surface area contributed by atoms with Gasteiger partial charge in [-0.2, -0.15) is 5.10 Å². The summed E-state index contributed by atoms with van der Waals surface area (Å²) < 4.78 is 7.23. The predicted octanol–water partition coefficient (Wildman–Crippen LogP) is 0.941. The maximum Gasteiger partial charge on any atom is 0.133 e. The van der Waals surface area contributed by atoms with Crippen LogP contribution in [0, 0.1) is 0 Å². The van der Waals surface area contributed by atoms with Crippen LogP contribution in [0.5, 0.6) is 0 Å². The third-order valence-electron chi connectivity index (χ3n) is 3.58. The molecule has 6 nitrogen and oxygen atoms in total. The molecule has 0 aliphatic carbocycles.